The van der Waals surface area contributed by atoms with E-state index in [1.54, 1.807) is 25.1 Å². The first-order chi connectivity index (χ1) is 9.01. The van der Waals surface area contributed by atoms with Crippen LogP contribution in [0.3, 0.4) is 0 Å². The second-order valence-electron chi connectivity index (χ2n) is 4.77. The zero-order valence-electron chi connectivity index (χ0n) is 10.6. The van der Waals surface area contributed by atoms with Crippen molar-refractivity contribution in [3.8, 4) is 6.07 Å². The Morgan fingerprint density at radius 1 is 1.21 bits per heavy atom. The number of benzene rings is 2. The minimum absolute atomic E-state index is 0.501. The summed E-state index contributed by atoms with van der Waals surface area (Å²) in [4.78, 5) is 0. The summed E-state index contributed by atoms with van der Waals surface area (Å²) in [7, 11) is 0. The van der Waals surface area contributed by atoms with Crippen LogP contribution in [0, 0.1) is 11.3 Å². The predicted octanol–water partition coefficient (Wildman–Crippen LogP) is 3.77. The van der Waals surface area contributed by atoms with E-state index in [1.807, 2.05) is 30.3 Å². The fourth-order valence-electron chi connectivity index (χ4n) is 2.07. The third-order valence-corrected chi connectivity index (χ3v) is 3.54. The van der Waals surface area contributed by atoms with Gasteiger partial charge in [0.15, 0.2) is 0 Å². The molecule has 1 atom stereocenters. The molecule has 0 aromatic heterocycles. The molecule has 0 radical (unpaired) electrons. The van der Waals surface area contributed by atoms with E-state index in [4.69, 9.17) is 5.26 Å². The van der Waals surface area contributed by atoms with Crippen molar-refractivity contribution < 1.29 is 5.11 Å². The Kier molecular flexibility index (Phi) is 4.04. The Balaban J connectivity index is 2.29. The molecule has 0 amide bonds. The second-order valence-corrected chi connectivity index (χ2v) is 5.69. The van der Waals surface area contributed by atoms with Crippen LogP contribution in [-0.2, 0) is 12.0 Å². The monoisotopic (exact) mass is 315 g/mol. The maximum atomic E-state index is 10.6. The molecule has 0 aliphatic rings. The van der Waals surface area contributed by atoms with E-state index < -0.39 is 5.60 Å². The van der Waals surface area contributed by atoms with Gasteiger partial charge in [0.25, 0.3) is 0 Å². The Morgan fingerprint density at radius 3 is 2.63 bits per heavy atom. The van der Waals surface area contributed by atoms with Crippen LogP contribution < -0.4 is 0 Å². The normalized spacial score (nSPS) is 13.6. The summed E-state index contributed by atoms with van der Waals surface area (Å²) in [5, 5.41) is 19.5. The van der Waals surface area contributed by atoms with Crippen LogP contribution in [0.1, 0.15) is 23.6 Å². The van der Waals surface area contributed by atoms with Gasteiger partial charge in [-0.15, -0.1) is 0 Å². The van der Waals surface area contributed by atoms with Crippen molar-refractivity contribution >= 4 is 15.9 Å². The number of aliphatic hydroxyl groups is 1. The molecular formula is C16H14BrNO. The molecule has 0 aliphatic carbocycles. The molecule has 0 heterocycles. The zero-order chi connectivity index (χ0) is 13.9. The van der Waals surface area contributed by atoms with Crippen molar-refractivity contribution in [3.05, 3.63) is 69.7 Å². The van der Waals surface area contributed by atoms with Crippen LogP contribution >= 0.6 is 15.9 Å². The van der Waals surface area contributed by atoms with E-state index in [9.17, 15) is 5.11 Å². The van der Waals surface area contributed by atoms with E-state index in [0.717, 1.165) is 15.6 Å². The van der Waals surface area contributed by atoms with E-state index in [1.165, 1.54) is 0 Å². The van der Waals surface area contributed by atoms with Crippen molar-refractivity contribution in [2.75, 3.05) is 0 Å². The SMILES string of the molecule is CC(O)(Cc1cccc(Br)c1)c1cccc(C#N)c1. The Hall–Kier alpha value is -1.63. The summed E-state index contributed by atoms with van der Waals surface area (Å²) in [5.74, 6) is 0. The molecule has 2 aromatic carbocycles. The summed E-state index contributed by atoms with van der Waals surface area (Å²) in [5.41, 5.74) is 1.37. The number of nitriles is 1. The maximum Gasteiger partial charge on any atom is 0.0991 e. The fourth-order valence-corrected chi connectivity index (χ4v) is 2.52. The average Bonchev–Trinajstić information content (AvgIpc) is 2.38. The molecule has 3 heteroatoms. The van der Waals surface area contributed by atoms with E-state index in [2.05, 4.69) is 22.0 Å². The van der Waals surface area contributed by atoms with Gasteiger partial charge in [-0.3, -0.25) is 0 Å². The summed E-state index contributed by atoms with van der Waals surface area (Å²) < 4.78 is 0.992. The first kappa shape index (κ1) is 13.8. The number of hydrogen-bond acceptors (Lipinski definition) is 2. The highest BCUT2D eigenvalue weighted by atomic mass is 79.9. The van der Waals surface area contributed by atoms with Crippen molar-refractivity contribution in [2.45, 2.75) is 18.9 Å². The Bertz CT molecular complexity index is 629. The second kappa shape index (κ2) is 5.56. The number of halogens is 1. The number of nitrogens with zero attached hydrogens (tertiary/aromatic N) is 1. The molecule has 0 bridgehead atoms. The molecule has 0 saturated carbocycles. The van der Waals surface area contributed by atoms with Gasteiger partial charge >= 0.3 is 0 Å². The molecule has 2 aromatic rings. The van der Waals surface area contributed by atoms with Gasteiger partial charge in [0.2, 0.25) is 0 Å². The lowest BCUT2D eigenvalue weighted by Crippen LogP contribution is -2.24. The van der Waals surface area contributed by atoms with E-state index in [0.29, 0.717) is 12.0 Å². The third-order valence-electron chi connectivity index (χ3n) is 3.05. The van der Waals surface area contributed by atoms with Gasteiger partial charge in [-0.2, -0.15) is 5.26 Å². The van der Waals surface area contributed by atoms with Gasteiger partial charge in [-0.05, 0) is 42.3 Å². The molecule has 19 heavy (non-hydrogen) atoms. The number of rotatable bonds is 3. The quantitative estimate of drug-likeness (QED) is 0.937. The summed E-state index contributed by atoms with van der Waals surface area (Å²) in [6.45, 7) is 1.77. The van der Waals surface area contributed by atoms with Crippen LogP contribution in [0.15, 0.2) is 53.0 Å². The van der Waals surface area contributed by atoms with Gasteiger partial charge in [-0.1, -0.05) is 40.2 Å². The van der Waals surface area contributed by atoms with Crippen LogP contribution in [0.4, 0.5) is 0 Å². The molecule has 2 rings (SSSR count). The van der Waals surface area contributed by atoms with Crippen molar-refractivity contribution in [3.63, 3.8) is 0 Å². The highest BCUT2D eigenvalue weighted by Gasteiger charge is 2.23. The van der Waals surface area contributed by atoms with Gasteiger partial charge in [0.1, 0.15) is 0 Å². The summed E-state index contributed by atoms with van der Waals surface area (Å²) in [6.07, 6.45) is 0.501. The lowest BCUT2D eigenvalue weighted by atomic mass is 9.88. The molecule has 2 nitrogen and oxygen atoms in total. The molecular weight excluding hydrogens is 302 g/mol. The molecule has 0 aliphatic heterocycles. The number of hydrogen-bond donors (Lipinski definition) is 1. The summed E-state index contributed by atoms with van der Waals surface area (Å²) in [6, 6.07) is 17.1. The Labute approximate surface area is 121 Å². The smallest absolute Gasteiger partial charge is 0.0991 e. The lowest BCUT2D eigenvalue weighted by Gasteiger charge is -2.24. The highest BCUT2D eigenvalue weighted by Crippen LogP contribution is 2.27. The third kappa shape index (κ3) is 3.44. The molecule has 0 spiro atoms. The molecule has 0 fully saturated rings. The molecule has 0 saturated heterocycles. The van der Waals surface area contributed by atoms with Crippen LogP contribution in [-0.4, -0.2) is 5.11 Å². The highest BCUT2D eigenvalue weighted by molar-refractivity contribution is 9.10. The van der Waals surface area contributed by atoms with Crippen LogP contribution in [0.5, 0.6) is 0 Å². The van der Waals surface area contributed by atoms with Crippen LogP contribution in [0.2, 0.25) is 0 Å². The predicted molar refractivity (Wildman–Crippen MR) is 78.6 cm³/mol. The topological polar surface area (TPSA) is 44.0 Å². The maximum absolute atomic E-state index is 10.6. The molecule has 1 N–H and O–H groups in total. The summed E-state index contributed by atoms with van der Waals surface area (Å²) >= 11 is 3.42. The Morgan fingerprint density at radius 2 is 1.95 bits per heavy atom. The zero-order valence-corrected chi connectivity index (χ0v) is 12.2. The van der Waals surface area contributed by atoms with Gasteiger partial charge < -0.3 is 5.11 Å². The first-order valence-corrected chi connectivity index (χ1v) is 6.78. The van der Waals surface area contributed by atoms with Gasteiger partial charge in [-0.25, -0.2) is 0 Å². The van der Waals surface area contributed by atoms with Gasteiger partial charge in [0.05, 0.1) is 17.2 Å². The van der Waals surface area contributed by atoms with Crippen LogP contribution in [0.25, 0.3) is 0 Å². The van der Waals surface area contributed by atoms with E-state index in [-0.39, 0.29) is 0 Å². The molecule has 96 valence electrons. The average molecular weight is 316 g/mol. The van der Waals surface area contributed by atoms with Crippen molar-refractivity contribution in [2.24, 2.45) is 0 Å². The fraction of sp³-hybridized carbons (Fsp3) is 0.188. The van der Waals surface area contributed by atoms with Crippen molar-refractivity contribution in [1.29, 1.82) is 5.26 Å². The standard InChI is InChI=1S/C16H14BrNO/c1-16(19,10-12-4-3-7-15(17)9-12)14-6-2-5-13(8-14)11-18/h2-9,19H,10H2,1H3. The largest absolute Gasteiger partial charge is 0.385 e. The lowest BCUT2D eigenvalue weighted by molar-refractivity contribution is 0.0576. The minimum Gasteiger partial charge on any atom is -0.385 e. The first-order valence-electron chi connectivity index (χ1n) is 5.99. The van der Waals surface area contributed by atoms with Crippen molar-refractivity contribution in [1.82, 2.24) is 0 Å². The molecule has 1 unspecified atom stereocenters. The van der Waals surface area contributed by atoms with Gasteiger partial charge in [0, 0.05) is 10.9 Å². The van der Waals surface area contributed by atoms with E-state index >= 15 is 0 Å². The minimum atomic E-state index is -0.992.